The molecule has 13 heteroatoms. The van der Waals surface area contributed by atoms with Crippen molar-refractivity contribution in [2.45, 2.75) is 64.1 Å². The van der Waals surface area contributed by atoms with Crippen molar-refractivity contribution in [1.29, 1.82) is 0 Å². The number of carbonyl (C=O) groups is 6. The number of carbonyl (C=O) groups excluding carboxylic acids is 4. The van der Waals surface area contributed by atoms with Crippen LogP contribution in [-0.4, -0.2) is 70.5 Å². The van der Waals surface area contributed by atoms with Gasteiger partial charge in [-0.05, 0) is 25.2 Å². The molecule has 0 aliphatic rings. The second-order valence-electron chi connectivity index (χ2n) is 7.41. The quantitative estimate of drug-likeness (QED) is 0.143. The molecule has 0 aromatic heterocycles. The van der Waals surface area contributed by atoms with Gasteiger partial charge in [0, 0.05) is 12.8 Å². The van der Waals surface area contributed by atoms with Crippen LogP contribution in [0.1, 0.15) is 46.0 Å². The molecule has 0 spiro atoms. The van der Waals surface area contributed by atoms with E-state index in [0.717, 1.165) is 0 Å². The first-order valence-electron chi connectivity index (χ1n) is 9.69. The van der Waals surface area contributed by atoms with E-state index in [1.807, 2.05) is 0 Å². The van der Waals surface area contributed by atoms with Crippen molar-refractivity contribution < 1.29 is 39.0 Å². The lowest BCUT2D eigenvalue weighted by Gasteiger charge is -2.24. The molecule has 13 nitrogen and oxygen atoms in total. The van der Waals surface area contributed by atoms with Gasteiger partial charge in [-0.2, -0.15) is 0 Å². The van der Waals surface area contributed by atoms with Crippen molar-refractivity contribution in [2.24, 2.45) is 17.4 Å². The van der Waals surface area contributed by atoms with E-state index in [0.29, 0.717) is 0 Å². The van der Waals surface area contributed by atoms with Gasteiger partial charge in [-0.3, -0.25) is 28.8 Å². The molecular weight excluding hydrogens is 414 g/mol. The Balaban J connectivity index is 5.29. The van der Waals surface area contributed by atoms with Crippen LogP contribution in [0.2, 0.25) is 0 Å². The molecule has 0 rings (SSSR count). The van der Waals surface area contributed by atoms with Gasteiger partial charge in [0.25, 0.3) is 0 Å². The van der Waals surface area contributed by atoms with Crippen LogP contribution in [0.15, 0.2) is 0 Å². The second-order valence-corrected chi connectivity index (χ2v) is 7.41. The van der Waals surface area contributed by atoms with Gasteiger partial charge in [-0.25, -0.2) is 0 Å². The standard InChI is InChI=1S/C18H31N5O8/c1-9(2)7-12(17(30)21-8-15(27)28)23-18(31)11(4-5-13(20)24)22-16(29)10(19)3-6-14(25)26/h9-12H,3-8,19H2,1-2H3,(H2,20,24)(H,21,30)(H,22,29)(H,23,31)(H,25,26)(H,27,28). The SMILES string of the molecule is CC(C)CC(NC(=O)C(CCC(N)=O)NC(=O)C(N)CCC(=O)O)C(=O)NCC(=O)O. The molecule has 0 aliphatic carbocycles. The van der Waals surface area contributed by atoms with Crippen LogP contribution in [0.4, 0.5) is 0 Å². The molecule has 0 aromatic carbocycles. The summed E-state index contributed by atoms with van der Waals surface area (Å²) in [5, 5.41) is 24.4. The van der Waals surface area contributed by atoms with Gasteiger partial charge < -0.3 is 37.6 Å². The fourth-order valence-electron chi connectivity index (χ4n) is 2.51. The van der Waals surface area contributed by atoms with Gasteiger partial charge >= 0.3 is 11.9 Å². The Labute approximate surface area is 179 Å². The van der Waals surface area contributed by atoms with E-state index in [2.05, 4.69) is 16.0 Å². The van der Waals surface area contributed by atoms with Crippen molar-refractivity contribution in [2.75, 3.05) is 6.54 Å². The van der Waals surface area contributed by atoms with Crippen molar-refractivity contribution in [3.63, 3.8) is 0 Å². The number of primary amides is 1. The molecule has 176 valence electrons. The molecule has 0 radical (unpaired) electrons. The van der Waals surface area contributed by atoms with E-state index in [9.17, 15) is 28.8 Å². The lowest BCUT2D eigenvalue weighted by atomic mass is 10.0. The Morgan fingerprint density at radius 1 is 0.806 bits per heavy atom. The van der Waals surface area contributed by atoms with Crippen molar-refractivity contribution >= 4 is 35.6 Å². The summed E-state index contributed by atoms with van der Waals surface area (Å²) < 4.78 is 0. The summed E-state index contributed by atoms with van der Waals surface area (Å²) in [7, 11) is 0. The van der Waals surface area contributed by atoms with Gasteiger partial charge in [0.15, 0.2) is 0 Å². The highest BCUT2D eigenvalue weighted by Crippen LogP contribution is 2.07. The van der Waals surface area contributed by atoms with Crippen LogP contribution >= 0.6 is 0 Å². The Morgan fingerprint density at radius 2 is 1.39 bits per heavy atom. The van der Waals surface area contributed by atoms with E-state index in [-0.39, 0.29) is 38.0 Å². The monoisotopic (exact) mass is 445 g/mol. The molecule has 31 heavy (non-hydrogen) atoms. The van der Waals surface area contributed by atoms with Gasteiger partial charge in [0.05, 0.1) is 6.04 Å². The molecule has 0 aliphatic heterocycles. The van der Waals surface area contributed by atoms with Gasteiger partial charge in [-0.1, -0.05) is 13.8 Å². The maximum atomic E-state index is 12.7. The number of hydrogen-bond donors (Lipinski definition) is 7. The minimum absolute atomic E-state index is 0.0380. The van der Waals surface area contributed by atoms with Crippen LogP contribution in [0.25, 0.3) is 0 Å². The first kappa shape index (κ1) is 27.8. The minimum atomic E-state index is -1.27. The molecule has 4 amide bonds. The predicted molar refractivity (Wildman–Crippen MR) is 107 cm³/mol. The average molecular weight is 445 g/mol. The number of aliphatic carboxylic acids is 2. The normalized spacial score (nSPS) is 13.5. The molecule has 0 saturated heterocycles. The summed E-state index contributed by atoms with van der Waals surface area (Å²) in [6.07, 6.45) is -0.760. The zero-order valence-corrected chi connectivity index (χ0v) is 17.6. The third-order valence-corrected chi connectivity index (χ3v) is 4.07. The van der Waals surface area contributed by atoms with Crippen LogP contribution in [0.5, 0.6) is 0 Å². The fraction of sp³-hybridized carbons (Fsp3) is 0.667. The highest BCUT2D eigenvalue weighted by molar-refractivity contribution is 5.94. The molecule has 9 N–H and O–H groups in total. The Bertz CT molecular complexity index is 682. The lowest BCUT2D eigenvalue weighted by molar-refractivity contribution is -0.139. The van der Waals surface area contributed by atoms with Crippen molar-refractivity contribution in [3.8, 4) is 0 Å². The fourth-order valence-corrected chi connectivity index (χ4v) is 2.51. The van der Waals surface area contributed by atoms with Crippen molar-refractivity contribution in [3.05, 3.63) is 0 Å². The number of nitrogens with two attached hydrogens (primary N) is 2. The third kappa shape index (κ3) is 12.8. The number of nitrogens with one attached hydrogen (secondary N) is 3. The summed E-state index contributed by atoms with van der Waals surface area (Å²) in [5.74, 6) is -5.48. The van der Waals surface area contributed by atoms with Crippen LogP contribution in [-0.2, 0) is 28.8 Å². The maximum Gasteiger partial charge on any atom is 0.322 e. The molecule has 0 bridgehead atoms. The number of hydrogen-bond acceptors (Lipinski definition) is 7. The van der Waals surface area contributed by atoms with Gasteiger partial charge in [-0.15, -0.1) is 0 Å². The molecule has 0 fully saturated rings. The van der Waals surface area contributed by atoms with E-state index < -0.39 is 60.2 Å². The summed E-state index contributed by atoms with van der Waals surface area (Å²) in [6, 6.07) is -3.55. The molecular formula is C18H31N5O8. The van der Waals surface area contributed by atoms with Crippen LogP contribution in [0.3, 0.4) is 0 Å². The zero-order valence-electron chi connectivity index (χ0n) is 17.6. The van der Waals surface area contributed by atoms with E-state index in [4.69, 9.17) is 21.7 Å². The molecule has 0 heterocycles. The Morgan fingerprint density at radius 3 is 1.87 bits per heavy atom. The zero-order chi connectivity index (χ0) is 24.1. The number of carboxylic acid groups (broad SMARTS) is 2. The predicted octanol–water partition coefficient (Wildman–Crippen LogP) is -2.34. The molecule has 0 aromatic rings. The first-order valence-corrected chi connectivity index (χ1v) is 9.69. The lowest BCUT2D eigenvalue weighted by Crippen LogP contribution is -2.56. The maximum absolute atomic E-state index is 12.7. The largest absolute Gasteiger partial charge is 0.481 e. The number of rotatable bonds is 15. The smallest absolute Gasteiger partial charge is 0.322 e. The first-order chi connectivity index (χ1) is 14.3. The summed E-state index contributed by atoms with van der Waals surface area (Å²) >= 11 is 0. The van der Waals surface area contributed by atoms with Crippen LogP contribution < -0.4 is 27.4 Å². The summed E-state index contributed by atoms with van der Waals surface area (Å²) in [4.78, 5) is 69.6. The Hall–Kier alpha value is -3.22. The highest BCUT2D eigenvalue weighted by atomic mass is 16.4. The molecule has 3 atom stereocenters. The Kier molecular flexibility index (Phi) is 12.5. The third-order valence-electron chi connectivity index (χ3n) is 4.07. The van der Waals surface area contributed by atoms with E-state index in [1.165, 1.54) is 0 Å². The number of amides is 4. The van der Waals surface area contributed by atoms with Gasteiger partial charge in [0.1, 0.15) is 18.6 Å². The molecule has 3 unspecified atom stereocenters. The topological polar surface area (TPSA) is 231 Å². The summed E-state index contributed by atoms with van der Waals surface area (Å²) in [5.41, 5.74) is 10.7. The van der Waals surface area contributed by atoms with E-state index in [1.54, 1.807) is 13.8 Å². The molecule has 0 saturated carbocycles. The average Bonchev–Trinajstić information content (AvgIpc) is 2.65. The van der Waals surface area contributed by atoms with Gasteiger partial charge in [0.2, 0.25) is 23.6 Å². The van der Waals surface area contributed by atoms with Crippen LogP contribution in [0, 0.1) is 5.92 Å². The van der Waals surface area contributed by atoms with E-state index >= 15 is 0 Å². The van der Waals surface area contributed by atoms with Crippen molar-refractivity contribution in [1.82, 2.24) is 16.0 Å². The number of carboxylic acids is 2. The second kappa shape index (κ2) is 13.9. The highest BCUT2D eigenvalue weighted by Gasteiger charge is 2.29. The minimum Gasteiger partial charge on any atom is -0.481 e. The summed E-state index contributed by atoms with van der Waals surface area (Å²) in [6.45, 7) is 2.94.